The molecule has 72 heavy (non-hydrogen) atoms. The van der Waals surface area contributed by atoms with E-state index in [1.807, 2.05) is 6.07 Å². The Morgan fingerprint density at radius 3 is 1.65 bits per heavy atom. The second-order valence-corrected chi connectivity index (χ2v) is 23.9. The summed E-state index contributed by atoms with van der Waals surface area (Å²) in [7, 11) is -2.24. The van der Waals surface area contributed by atoms with Crippen LogP contribution in [0.3, 0.4) is 0 Å². The lowest BCUT2D eigenvalue weighted by Crippen LogP contribution is -2.55. The average molecular weight is 937 g/mol. The number of hydrogen-bond donors (Lipinski definition) is 0. The molecule has 4 heteroatoms. The largest absolute Gasteiger partial charge is 0.454 e. The van der Waals surface area contributed by atoms with Crippen molar-refractivity contribution in [3.63, 3.8) is 0 Å². The molecule has 3 nitrogen and oxygen atoms in total. The number of anilines is 6. The summed E-state index contributed by atoms with van der Waals surface area (Å²) in [4.78, 5) is 4.79. The van der Waals surface area contributed by atoms with Gasteiger partial charge in [0.05, 0.1) is 17.1 Å². The molecule has 0 fully saturated rings. The molecule has 2 heterocycles. The smallest absolute Gasteiger partial charge is 0.159 e. The summed E-state index contributed by atoms with van der Waals surface area (Å²) >= 11 is 0. The SMILES string of the molecule is C[Si]1(C)c2cc(-c3ccc(N(c4ccccc4)c4cccc5c4oc4ccccc45)cc3)ccc2-c2cc3c4ccccc4c(N(c4ccccc4)c4ccccc4-c4ccccc4)cc3c3cccc1c23. The summed E-state index contributed by atoms with van der Waals surface area (Å²) in [5.74, 6) is 0. The van der Waals surface area contributed by atoms with E-state index >= 15 is 0 Å². The van der Waals surface area contributed by atoms with Gasteiger partial charge in [-0.1, -0.05) is 201 Å². The fourth-order valence-corrected chi connectivity index (χ4v) is 14.9. The lowest BCUT2D eigenvalue weighted by atomic mass is 9.89. The van der Waals surface area contributed by atoms with E-state index in [0.717, 1.165) is 56.1 Å². The van der Waals surface area contributed by atoms with E-state index in [0.29, 0.717) is 0 Å². The Morgan fingerprint density at radius 2 is 0.875 bits per heavy atom. The van der Waals surface area contributed by atoms with Crippen LogP contribution in [0.25, 0.3) is 87.6 Å². The number of benzene rings is 12. The van der Waals surface area contributed by atoms with Crippen molar-refractivity contribution < 1.29 is 4.42 Å². The molecule has 1 aliphatic heterocycles. The molecule has 0 radical (unpaired) electrons. The highest BCUT2D eigenvalue weighted by Crippen LogP contribution is 2.49. The van der Waals surface area contributed by atoms with Crippen LogP contribution in [-0.4, -0.2) is 8.07 Å². The van der Waals surface area contributed by atoms with Gasteiger partial charge >= 0.3 is 0 Å². The van der Waals surface area contributed by atoms with Gasteiger partial charge in [-0.05, 0) is 132 Å². The minimum Gasteiger partial charge on any atom is -0.454 e. The summed E-state index contributed by atoms with van der Waals surface area (Å²) < 4.78 is 6.59. The second-order valence-electron chi connectivity index (χ2n) is 19.6. The monoisotopic (exact) mass is 936 g/mol. The van der Waals surface area contributed by atoms with Crippen molar-refractivity contribution in [1.29, 1.82) is 0 Å². The van der Waals surface area contributed by atoms with Crippen LogP contribution >= 0.6 is 0 Å². The predicted molar refractivity (Wildman–Crippen MR) is 309 cm³/mol. The number of hydrogen-bond acceptors (Lipinski definition) is 3. The van der Waals surface area contributed by atoms with E-state index in [9.17, 15) is 0 Å². The Kier molecular flexibility index (Phi) is 9.67. The first-order valence-corrected chi connectivity index (χ1v) is 27.9. The van der Waals surface area contributed by atoms with Crippen molar-refractivity contribution >= 4 is 107 Å². The molecule has 0 aliphatic carbocycles. The first-order valence-electron chi connectivity index (χ1n) is 24.9. The number of rotatable bonds is 8. The van der Waals surface area contributed by atoms with E-state index in [4.69, 9.17) is 4.42 Å². The van der Waals surface area contributed by atoms with Crippen molar-refractivity contribution in [2.45, 2.75) is 13.1 Å². The Bertz CT molecular complexity index is 4240. The van der Waals surface area contributed by atoms with Gasteiger partial charge in [-0.2, -0.15) is 0 Å². The number of furan rings is 1. The van der Waals surface area contributed by atoms with E-state index < -0.39 is 8.07 Å². The minimum atomic E-state index is -2.24. The highest BCUT2D eigenvalue weighted by atomic mass is 28.3. The highest BCUT2D eigenvalue weighted by molar-refractivity contribution is 7.03. The molecule has 0 unspecified atom stereocenters. The third-order valence-corrected chi connectivity index (χ3v) is 18.7. The molecule has 1 aliphatic rings. The average Bonchev–Trinajstić information content (AvgIpc) is 3.83. The minimum absolute atomic E-state index is 0.879. The van der Waals surface area contributed by atoms with Gasteiger partial charge in [0.2, 0.25) is 0 Å². The molecule has 0 atom stereocenters. The topological polar surface area (TPSA) is 19.6 Å². The summed E-state index contributed by atoms with van der Waals surface area (Å²) in [6.07, 6.45) is 0. The maximum atomic E-state index is 6.59. The Morgan fingerprint density at radius 1 is 0.306 bits per heavy atom. The summed E-state index contributed by atoms with van der Waals surface area (Å²) in [5, 5.41) is 12.9. The van der Waals surface area contributed by atoms with E-state index in [1.165, 1.54) is 76.1 Å². The molecule has 0 bridgehead atoms. The predicted octanol–water partition coefficient (Wildman–Crippen LogP) is 18.1. The lowest BCUT2D eigenvalue weighted by Gasteiger charge is -2.35. The Labute approximate surface area is 420 Å². The van der Waals surface area contributed by atoms with Crippen molar-refractivity contribution in [2.75, 3.05) is 9.80 Å². The van der Waals surface area contributed by atoms with Crippen LogP contribution in [0.2, 0.25) is 13.1 Å². The first kappa shape index (κ1) is 42.0. The fraction of sp³-hybridized carbons (Fsp3) is 0.0294. The van der Waals surface area contributed by atoms with Crippen LogP contribution in [-0.2, 0) is 0 Å². The standard InChI is InChI=1S/C68H48N2OSi/c1-72(2)65-35-19-30-56-59-44-63(70(49-24-10-5-11-25-49)61-32-16-14-26-51(61)46-20-6-3-7-21-46)53-28-13-12-27-52(53)58(59)43-60(67(56)65)55-41-38-47(42-66(55)72)45-36-39-50(40-37-45)69(48-22-8-4-9-23-48)62-33-18-31-57-54-29-15-17-34-64(54)71-68(57)62/h3-44H,1-2H3. The fourth-order valence-electron chi connectivity index (χ4n) is 11.8. The van der Waals surface area contributed by atoms with Crippen LogP contribution in [0.4, 0.5) is 34.1 Å². The van der Waals surface area contributed by atoms with Gasteiger partial charge in [-0.15, -0.1) is 0 Å². The van der Waals surface area contributed by atoms with E-state index in [-0.39, 0.29) is 0 Å². The maximum absolute atomic E-state index is 6.59. The van der Waals surface area contributed by atoms with Crippen molar-refractivity contribution in [2.24, 2.45) is 0 Å². The number of fused-ring (bicyclic) bond motifs is 9. The molecule has 0 spiro atoms. The first-order chi connectivity index (χ1) is 35.5. The van der Waals surface area contributed by atoms with Crippen molar-refractivity contribution in [3.05, 3.63) is 255 Å². The van der Waals surface area contributed by atoms with Crippen LogP contribution < -0.4 is 20.2 Å². The quantitative estimate of drug-likeness (QED) is 0.112. The zero-order chi connectivity index (χ0) is 47.9. The third kappa shape index (κ3) is 6.57. The molecule has 340 valence electrons. The van der Waals surface area contributed by atoms with Crippen LogP contribution in [0, 0.1) is 0 Å². The van der Waals surface area contributed by atoms with E-state index in [1.54, 1.807) is 0 Å². The molecular weight excluding hydrogens is 889 g/mol. The van der Waals surface area contributed by atoms with Gasteiger partial charge < -0.3 is 14.2 Å². The summed E-state index contributed by atoms with van der Waals surface area (Å²) in [6, 6.07) is 93.3. The van der Waals surface area contributed by atoms with Gasteiger partial charge in [0.1, 0.15) is 13.7 Å². The highest BCUT2D eigenvalue weighted by Gasteiger charge is 2.36. The molecule has 14 rings (SSSR count). The third-order valence-electron chi connectivity index (χ3n) is 15.2. The van der Waals surface area contributed by atoms with Gasteiger partial charge in [0.15, 0.2) is 5.58 Å². The van der Waals surface area contributed by atoms with Gasteiger partial charge in [-0.3, -0.25) is 0 Å². The van der Waals surface area contributed by atoms with Gasteiger partial charge in [-0.25, -0.2) is 0 Å². The Hall–Kier alpha value is -8.96. The summed E-state index contributed by atoms with van der Waals surface area (Å²) in [5.41, 5.74) is 15.8. The molecule has 0 saturated carbocycles. The van der Waals surface area contributed by atoms with Crippen LogP contribution in [0.1, 0.15) is 0 Å². The molecule has 1 aromatic heterocycles. The van der Waals surface area contributed by atoms with Gasteiger partial charge in [0, 0.05) is 38.8 Å². The molecule has 0 saturated heterocycles. The van der Waals surface area contributed by atoms with Crippen molar-refractivity contribution in [3.8, 4) is 33.4 Å². The lowest BCUT2D eigenvalue weighted by molar-refractivity contribution is 0.669. The summed E-state index contributed by atoms with van der Waals surface area (Å²) in [6.45, 7) is 5.08. The zero-order valence-electron chi connectivity index (χ0n) is 40.1. The maximum Gasteiger partial charge on any atom is 0.159 e. The Balaban J connectivity index is 0.911. The molecule has 0 amide bonds. The second kappa shape index (κ2) is 16.6. The van der Waals surface area contributed by atoms with Crippen LogP contribution in [0.15, 0.2) is 259 Å². The normalized spacial score (nSPS) is 12.7. The van der Waals surface area contributed by atoms with Gasteiger partial charge in [0.25, 0.3) is 0 Å². The van der Waals surface area contributed by atoms with E-state index in [2.05, 4.69) is 272 Å². The molecule has 13 aromatic rings. The van der Waals surface area contributed by atoms with Crippen molar-refractivity contribution in [1.82, 2.24) is 0 Å². The molecular formula is C68H48N2OSi. The molecule has 0 N–H and O–H groups in total. The van der Waals surface area contributed by atoms with Crippen LogP contribution in [0.5, 0.6) is 0 Å². The zero-order valence-corrected chi connectivity index (χ0v) is 41.1. The number of nitrogens with zero attached hydrogens (tertiary/aromatic N) is 2. The molecule has 12 aromatic carbocycles. The number of para-hydroxylation sites is 5.